The number of benzene rings is 1. The zero-order valence-electron chi connectivity index (χ0n) is 20.4. The second-order valence-electron chi connectivity index (χ2n) is 9.09. The van der Waals surface area contributed by atoms with Crippen LogP contribution < -0.4 is 4.74 Å². The Morgan fingerprint density at radius 1 is 0.844 bits per heavy atom. The van der Waals surface area contributed by atoms with Gasteiger partial charge in [0.15, 0.2) is 5.82 Å². The molecule has 0 aliphatic rings. The standard InChI is InChI=1S/C28H42N2O2/c1-4-6-8-10-11-13-15-24-21-29-28(30-22-24)25-16-18-26(19-17-25)32-27(31)20-23(3)14-12-9-7-5-2/h16-19,21-23H,4-15,20H2,1-3H3/t23-/m0/s1. The summed E-state index contributed by atoms with van der Waals surface area (Å²) in [6, 6.07) is 7.48. The van der Waals surface area contributed by atoms with Gasteiger partial charge >= 0.3 is 5.97 Å². The van der Waals surface area contributed by atoms with Crippen molar-refractivity contribution in [1.82, 2.24) is 9.97 Å². The number of rotatable bonds is 16. The van der Waals surface area contributed by atoms with Crippen molar-refractivity contribution in [3.05, 3.63) is 42.2 Å². The van der Waals surface area contributed by atoms with Gasteiger partial charge in [-0.2, -0.15) is 0 Å². The summed E-state index contributed by atoms with van der Waals surface area (Å²) in [7, 11) is 0. The van der Waals surface area contributed by atoms with E-state index < -0.39 is 0 Å². The molecule has 0 fully saturated rings. The second-order valence-corrected chi connectivity index (χ2v) is 9.09. The Hall–Kier alpha value is -2.23. The van der Waals surface area contributed by atoms with Crippen molar-refractivity contribution >= 4 is 5.97 Å². The Labute approximate surface area is 195 Å². The van der Waals surface area contributed by atoms with Crippen LogP contribution in [0.2, 0.25) is 0 Å². The summed E-state index contributed by atoms with van der Waals surface area (Å²) < 4.78 is 5.52. The maximum atomic E-state index is 12.2. The van der Waals surface area contributed by atoms with Crippen molar-refractivity contribution in [1.29, 1.82) is 0 Å². The summed E-state index contributed by atoms with van der Waals surface area (Å²) in [6.45, 7) is 6.59. The van der Waals surface area contributed by atoms with Gasteiger partial charge < -0.3 is 4.74 Å². The van der Waals surface area contributed by atoms with Gasteiger partial charge in [-0.05, 0) is 48.6 Å². The van der Waals surface area contributed by atoms with Crippen molar-refractivity contribution in [2.45, 2.75) is 104 Å². The number of hydrogen-bond donors (Lipinski definition) is 0. The van der Waals surface area contributed by atoms with Crippen LogP contribution in [0, 0.1) is 5.92 Å². The van der Waals surface area contributed by atoms with Gasteiger partial charge in [-0.25, -0.2) is 9.97 Å². The normalized spacial score (nSPS) is 12.0. The highest BCUT2D eigenvalue weighted by Gasteiger charge is 2.12. The molecule has 0 aliphatic heterocycles. The van der Waals surface area contributed by atoms with E-state index in [0.717, 1.165) is 18.4 Å². The number of hydrogen-bond acceptors (Lipinski definition) is 4. The van der Waals surface area contributed by atoms with Gasteiger partial charge in [0.2, 0.25) is 0 Å². The number of carbonyl (C=O) groups excluding carboxylic acids is 1. The molecule has 0 radical (unpaired) electrons. The third kappa shape index (κ3) is 10.4. The summed E-state index contributed by atoms with van der Waals surface area (Å²) in [5.74, 6) is 1.49. The average Bonchev–Trinajstić information content (AvgIpc) is 2.80. The zero-order chi connectivity index (χ0) is 23.0. The Kier molecular flexibility index (Phi) is 12.6. The lowest BCUT2D eigenvalue weighted by atomic mass is 9.99. The highest BCUT2D eigenvalue weighted by Crippen LogP contribution is 2.21. The van der Waals surface area contributed by atoms with Gasteiger partial charge in [-0.3, -0.25) is 4.79 Å². The molecule has 0 bridgehead atoms. The molecule has 2 aromatic rings. The number of aryl methyl sites for hydroxylation is 1. The first-order chi connectivity index (χ1) is 15.6. The summed E-state index contributed by atoms with van der Waals surface area (Å²) in [6.07, 6.45) is 19.2. The van der Waals surface area contributed by atoms with Crippen LogP contribution in [0.3, 0.4) is 0 Å². The Morgan fingerprint density at radius 3 is 2.09 bits per heavy atom. The number of esters is 1. The SMILES string of the molecule is CCCCCCCCc1cnc(-c2ccc(OC(=O)C[C@@H](C)CCCCCC)cc2)nc1. The fraction of sp³-hybridized carbons (Fsp3) is 0.607. The smallest absolute Gasteiger partial charge is 0.311 e. The number of aromatic nitrogens is 2. The fourth-order valence-corrected chi connectivity index (χ4v) is 3.89. The molecule has 0 aliphatic carbocycles. The van der Waals surface area contributed by atoms with E-state index in [1.807, 2.05) is 36.7 Å². The Morgan fingerprint density at radius 2 is 1.44 bits per heavy atom. The summed E-state index contributed by atoms with van der Waals surface area (Å²) >= 11 is 0. The van der Waals surface area contributed by atoms with Crippen LogP contribution in [0.25, 0.3) is 11.4 Å². The highest BCUT2D eigenvalue weighted by atomic mass is 16.5. The molecule has 2 rings (SSSR count). The summed E-state index contributed by atoms with van der Waals surface area (Å²) in [5.41, 5.74) is 2.12. The molecule has 0 amide bonds. The quantitative estimate of drug-likeness (QED) is 0.152. The second kappa shape index (κ2) is 15.6. The fourth-order valence-electron chi connectivity index (χ4n) is 3.89. The third-order valence-electron chi connectivity index (χ3n) is 5.93. The van der Waals surface area contributed by atoms with E-state index in [1.165, 1.54) is 69.8 Å². The third-order valence-corrected chi connectivity index (χ3v) is 5.93. The van der Waals surface area contributed by atoms with Crippen molar-refractivity contribution < 1.29 is 9.53 Å². The largest absolute Gasteiger partial charge is 0.427 e. The number of carbonyl (C=O) groups is 1. The Bertz CT molecular complexity index is 756. The van der Waals surface area contributed by atoms with Gasteiger partial charge in [0.1, 0.15) is 5.75 Å². The Balaban J connectivity index is 1.75. The minimum absolute atomic E-state index is 0.156. The van der Waals surface area contributed by atoms with E-state index in [4.69, 9.17) is 4.74 Å². The molecule has 0 spiro atoms. The molecule has 176 valence electrons. The molecule has 0 saturated heterocycles. The van der Waals surface area contributed by atoms with E-state index >= 15 is 0 Å². The first-order valence-corrected chi connectivity index (χ1v) is 12.7. The maximum Gasteiger partial charge on any atom is 0.311 e. The number of ether oxygens (including phenoxy) is 1. The van der Waals surface area contributed by atoms with E-state index in [-0.39, 0.29) is 5.97 Å². The van der Waals surface area contributed by atoms with Crippen molar-refractivity contribution in [3.63, 3.8) is 0 Å². The van der Waals surface area contributed by atoms with E-state index in [0.29, 0.717) is 23.9 Å². The van der Waals surface area contributed by atoms with E-state index in [9.17, 15) is 4.79 Å². The molecular weight excluding hydrogens is 396 g/mol. The molecule has 32 heavy (non-hydrogen) atoms. The lowest BCUT2D eigenvalue weighted by Crippen LogP contribution is -2.12. The molecule has 1 aromatic heterocycles. The van der Waals surface area contributed by atoms with Crippen molar-refractivity contribution in [3.8, 4) is 17.1 Å². The van der Waals surface area contributed by atoms with Crippen LogP contribution in [0.4, 0.5) is 0 Å². The van der Waals surface area contributed by atoms with Gasteiger partial charge in [0.05, 0.1) is 0 Å². The van der Waals surface area contributed by atoms with Gasteiger partial charge in [0, 0.05) is 24.4 Å². The molecule has 1 heterocycles. The van der Waals surface area contributed by atoms with Gasteiger partial charge in [0.25, 0.3) is 0 Å². The van der Waals surface area contributed by atoms with Crippen molar-refractivity contribution in [2.24, 2.45) is 5.92 Å². The molecule has 0 unspecified atom stereocenters. The maximum absolute atomic E-state index is 12.2. The van der Waals surface area contributed by atoms with Crippen LogP contribution in [0.1, 0.15) is 103 Å². The predicted molar refractivity (Wildman–Crippen MR) is 133 cm³/mol. The monoisotopic (exact) mass is 438 g/mol. The van der Waals surface area contributed by atoms with Crippen LogP contribution >= 0.6 is 0 Å². The molecule has 4 heteroatoms. The van der Waals surface area contributed by atoms with E-state index in [1.54, 1.807) is 0 Å². The molecule has 4 nitrogen and oxygen atoms in total. The van der Waals surface area contributed by atoms with Crippen LogP contribution in [-0.2, 0) is 11.2 Å². The number of nitrogens with zero attached hydrogens (tertiary/aromatic N) is 2. The average molecular weight is 439 g/mol. The first-order valence-electron chi connectivity index (χ1n) is 12.7. The molecule has 0 N–H and O–H groups in total. The van der Waals surface area contributed by atoms with Crippen LogP contribution in [-0.4, -0.2) is 15.9 Å². The summed E-state index contributed by atoms with van der Waals surface area (Å²) in [5, 5.41) is 0. The van der Waals surface area contributed by atoms with Gasteiger partial charge in [-0.1, -0.05) is 85.0 Å². The lowest BCUT2D eigenvalue weighted by molar-refractivity contribution is -0.135. The lowest BCUT2D eigenvalue weighted by Gasteiger charge is -2.11. The molecule has 0 saturated carbocycles. The van der Waals surface area contributed by atoms with Crippen LogP contribution in [0.5, 0.6) is 5.75 Å². The van der Waals surface area contributed by atoms with Crippen LogP contribution in [0.15, 0.2) is 36.7 Å². The minimum Gasteiger partial charge on any atom is -0.427 e. The molecular formula is C28H42N2O2. The molecule has 1 aromatic carbocycles. The van der Waals surface area contributed by atoms with Gasteiger partial charge in [-0.15, -0.1) is 0 Å². The van der Waals surface area contributed by atoms with E-state index in [2.05, 4.69) is 30.7 Å². The molecule has 1 atom stereocenters. The predicted octanol–water partition coefficient (Wildman–Crippen LogP) is 7.95. The minimum atomic E-state index is -0.156. The first kappa shape index (κ1) is 26.0. The topological polar surface area (TPSA) is 52.1 Å². The van der Waals surface area contributed by atoms with Crippen molar-refractivity contribution in [2.75, 3.05) is 0 Å². The number of unbranched alkanes of at least 4 members (excludes halogenated alkanes) is 8. The zero-order valence-corrected chi connectivity index (χ0v) is 20.4. The highest BCUT2D eigenvalue weighted by molar-refractivity contribution is 5.72. The summed E-state index contributed by atoms with van der Waals surface area (Å²) in [4.78, 5) is 21.3.